The van der Waals surface area contributed by atoms with Crippen molar-refractivity contribution >= 4 is 45.2 Å². The van der Waals surface area contributed by atoms with Crippen LogP contribution in [-0.2, 0) is 0 Å². The van der Waals surface area contributed by atoms with Gasteiger partial charge in [0.25, 0.3) is 0 Å². The Morgan fingerprint density at radius 1 is 1.42 bits per heavy atom. The Morgan fingerprint density at radius 3 is 3.00 bits per heavy atom. The minimum atomic E-state index is 0.757. The Balaban J connectivity index is 2.83. The van der Waals surface area contributed by atoms with E-state index in [1.54, 1.807) is 6.20 Å². The van der Waals surface area contributed by atoms with Gasteiger partial charge in [-0.3, -0.25) is 0 Å². The van der Waals surface area contributed by atoms with E-state index in [-0.39, 0.29) is 0 Å². The van der Waals surface area contributed by atoms with Gasteiger partial charge >= 0.3 is 84.9 Å². The number of aromatic nitrogens is 1. The van der Waals surface area contributed by atoms with Crippen molar-refractivity contribution in [2.75, 3.05) is 0 Å². The molecular formula is C9H8BiNO. The number of rotatable bonds is 1. The van der Waals surface area contributed by atoms with Gasteiger partial charge in [-0.2, -0.15) is 0 Å². The van der Waals surface area contributed by atoms with Crippen molar-refractivity contribution in [3.8, 4) is 0 Å². The molecule has 0 unspecified atom stereocenters. The quantitative estimate of drug-likeness (QED) is 0.577. The molecule has 3 heteroatoms. The molecule has 0 aliphatic carbocycles. The molecule has 0 radical (unpaired) electrons. The van der Waals surface area contributed by atoms with Crippen LogP contribution >= 0.6 is 0 Å². The molecule has 1 N–H and O–H groups in total. The van der Waals surface area contributed by atoms with E-state index in [2.05, 4.69) is 17.1 Å². The van der Waals surface area contributed by atoms with Crippen LogP contribution in [0.2, 0.25) is 0 Å². The summed E-state index contributed by atoms with van der Waals surface area (Å²) in [5.41, 5.74) is 1.80. The third-order valence-corrected chi connectivity index (χ3v) is 3.26. The number of H-pyrrole nitrogens is 1. The predicted octanol–water partition coefficient (Wildman–Crippen LogP) is 0.239. The van der Waals surface area contributed by atoms with Crippen molar-refractivity contribution in [3.05, 3.63) is 30.0 Å². The Labute approximate surface area is 84.8 Å². The first-order valence-electron chi connectivity index (χ1n) is 3.63. The zero-order chi connectivity index (χ0) is 8.55. The summed E-state index contributed by atoms with van der Waals surface area (Å²) in [5, 5.41) is 1.05. The van der Waals surface area contributed by atoms with Gasteiger partial charge in [-0.1, -0.05) is 0 Å². The molecule has 0 bridgehead atoms. The number of aldehydes is 1. The van der Waals surface area contributed by atoms with Crippen LogP contribution in [-0.4, -0.2) is 36.0 Å². The van der Waals surface area contributed by atoms with Gasteiger partial charge in [0.2, 0.25) is 0 Å². The van der Waals surface area contributed by atoms with Crippen molar-refractivity contribution in [1.29, 1.82) is 0 Å². The van der Waals surface area contributed by atoms with Gasteiger partial charge in [0.05, 0.1) is 0 Å². The summed E-state index contributed by atoms with van der Waals surface area (Å²) in [4.78, 5) is 13.6. The maximum atomic E-state index is 10.6. The number of hydrogen-bond donors (Lipinski definition) is 1. The average molecular weight is 355 g/mol. The summed E-state index contributed by atoms with van der Waals surface area (Å²) < 4.78 is 1.34. The topological polar surface area (TPSA) is 32.9 Å². The predicted molar refractivity (Wildman–Crippen MR) is 51.9 cm³/mol. The van der Waals surface area contributed by atoms with Gasteiger partial charge in [0.15, 0.2) is 0 Å². The van der Waals surface area contributed by atoms with Gasteiger partial charge in [-0.25, -0.2) is 0 Å². The van der Waals surface area contributed by atoms with Crippen LogP contribution in [0.1, 0.15) is 10.4 Å². The van der Waals surface area contributed by atoms with Crippen molar-refractivity contribution < 1.29 is 4.79 Å². The van der Waals surface area contributed by atoms with E-state index in [9.17, 15) is 4.79 Å². The first kappa shape index (κ1) is 7.94. The molecule has 0 aliphatic rings. The van der Waals surface area contributed by atoms with E-state index >= 15 is 0 Å². The first-order chi connectivity index (χ1) is 5.81. The van der Waals surface area contributed by atoms with Crippen molar-refractivity contribution in [1.82, 2.24) is 4.98 Å². The molecule has 0 aliphatic heterocycles. The molecule has 0 amide bonds. The van der Waals surface area contributed by atoms with Crippen LogP contribution in [0.15, 0.2) is 24.4 Å². The Bertz CT molecular complexity index is 433. The molecule has 0 atom stereocenters. The van der Waals surface area contributed by atoms with E-state index in [0.29, 0.717) is 0 Å². The zero-order valence-corrected chi connectivity index (χ0v) is 10.9. The van der Waals surface area contributed by atoms with E-state index in [1.165, 1.54) is 3.27 Å². The Morgan fingerprint density at radius 2 is 2.25 bits per heavy atom. The number of hydrogen-bond acceptors (Lipinski definition) is 1. The van der Waals surface area contributed by atoms with Gasteiger partial charge < -0.3 is 0 Å². The van der Waals surface area contributed by atoms with Crippen LogP contribution in [0, 0.1) is 0 Å². The first-order valence-corrected chi connectivity index (χ1v) is 5.87. The number of carbonyl (C=O) groups is 1. The molecule has 1 heterocycles. The molecule has 2 nitrogen and oxygen atoms in total. The van der Waals surface area contributed by atoms with E-state index in [0.717, 1.165) is 47.5 Å². The second-order valence-electron chi connectivity index (χ2n) is 2.67. The van der Waals surface area contributed by atoms with E-state index in [4.69, 9.17) is 0 Å². The van der Waals surface area contributed by atoms with Gasteiger partial charge in [-0.15, -0.1) is 0 Å². The number of aromatic amines is 1. The second kappa shape index (κ2) is 2.98. The van der Waals surface area contributed by atoms with Crippen molar-refractivity contribution in [2.24, 2.45) is 0 Å². The summed E-state index contributed by atoms with van der Waals surface area (Å²) in [6.45, 7) is 0. The molecule has 2 rings (SSSR count). The van der Waals surface area contributed by atoms with Crippen LogP contribution in [0.4, 0.5) is 0 Å². The molecule has 1 aromatic heterocycles. The molecule has 0 fully saturated rings. The SMILES string of the molecule is O=Cc1c[nH]c2cc[c]([BiH2])cc12. The summed E-state index contributed by atoms with van der Waals surface area (Å²) in [5.74, 6) is 0. The monoisotopic (exact) mass is 355 g/mol. The molecule has 1 aromatic carbocycles. The normalized spacial score (nSPS) is 10.4. The summed E-state index contributed by atoms with van der Waals surface area (Å²) in [6, 6.07) is 6.20. The number of benzene rings is 1. The van der Waals surface area contributed by atoms with Crippen LogP contribution < -0.4 is 3.27 Å². The molecule has 0 spiro atoms. The molecule has 0 saturated heterocycles. The fourth-order valence-electron chi connectivity index (χ4n) is 1.26. The van der Waals surface area contributed by atoms with Crippen LogP contribution in [0.5, 0.6) is 0 Å². The van der Waals surface area contributed by atoms with Gasteiger partial charge in [0, 0.05) is 0 Å². The van der Waals surface area contributed by atoms with E-state index < -0.39 is 0 Å². The number of carbonyl (C=O) groups excluding carboxylic acids is 1. The standard InChI is InChI=1S/C9H6NO.Bi.2H/c11-6-7-5-10-9-4-2-1-3-8(7)9;;;/h2-6,10H;;;. The Kier molecular flexibility index (Phi) is 1.97. The molecular weight excluding hydrogens is 347 g/mol. The number of nitrogens with one attached hydrogen (secondary N) is 1. The van der Waals surface area contributed by atoms with Crippen LogP contribution in [0.3, 0.4) is 0 Å². The fraction of sp³-hybridized carbons (Fsp3) is 0. The zero-order valence-electron chi connectivity index (χ0n) is 6.37. The van der Waals surface area contributed by atoms with Gasteiger partial charge in [0.1, 0.15) is 0 Å². The van der Waals surface area contributed by atoms with E-state index in [1.807, 2.05) is 6.07 Å². The summed E-state index contributed by atoms with van der Waals surface area (Å²) in [6.07, 6.45) is 2.64. The van der Waals surface area contributed by atoms with Gasteiger partial charge in [-0.05, 0) is 0 Å². The minimum absolute atomic E-state index is 0.757. The van der Waals surface area contributed by atoms with Crippen molar-refractivity contribution in [2.45, 2.75) is 0 Å². The average Bonchev–Trinajstić information content (AvgIpc) is 2.46. The molecule has 60 valence electrons. The molecule has 2 aromatic rings. The molecule has 0 saturated carbocycles. The summed E-state index contributed by atoms with van der Waals surface area (Å²) in [7, 11) is 0. The summed E-state index contributed by atoms with van der Waals surface area (Å²) >= 11 is 0.828. The molecule has 12 heavy (non-hydrogen) atoms. The van der Waals surface area contributed by atoms with Crippen LogP contribution in [0.25, 0.3) is 10.9 Å². The second-order valence-corrected chi connectivity index (χ2v) is 5.26. The Hall–Kier alpha value is -0.687. The third kappa shape index (κ3) is 1.18. The van der Waals surface area contributed by atoms with Crippen molar-refractivity contribution in [3.63, 3.8) is 0 Å². The maximum absolute atomic E-state index is 10.6. The third-order valence-electron chi connectivity index (χ3n) is 1.86. The number of fused-ring (bicyclic) bond motifs is 1. The fourth-order valence-corrected chi connectivity index (χ4v) is 2.28.